The third-order valence-electron chi connectivity index (χ3n) is 5.53. The van der Waals surface area contributed by atoms with Crippen LogP contribution in [0.15, 0.2) is 23.2 Å². The second-order valence-corrected chi connectivity index (χ2v) is 11.7. The number of ether oxygens (including phenoxy) is 1. The van der Waals surface area contributed by atoms with Gasteiger partial charge in [-0.25, -0.2) is 28.1 Å². The number of rotatable bonds is 8. The van der Waals surface area contributed by atoms with Gasteiger partial charge in [-0.2, -0.15) is 0 Å². The number of nitrogens with zero attached hydrogens (tertiary/aromatic N) is 5. The molecule has 4 atom stereocenters. The molecule has 0 unspecified atom stereocenters. The van der Waals surface area contributed by atoms with Crippen LogP contribution >= 0.6 is 0 Å². The standard InChI is InChI=1S/C21H31N7O6S/c1-11(2)27-35(31,32)7-6-22-18-14-19(24-9-23-18)28(10-25-14)20-16(30)15(29)17(33-20)12-8-13(26-34-12)21(3,4)5/h8-11,15-17,20,27,29-30H,6-7H2,1-5H3,(H,22,23,24)/t15-,16-,17+,20+/m0/s1. The largest absolute Gasteiger partial charge is 0.387 e. The zero-order valence-corrected chi connectivity index (χ0v) is 21.0. The highest BCUT2D eigenvalue weighted by Gasteiger charge is 2.47. The van der Waals surface area contributed by atoms with E-state index in [4.69, 9.17) is 9.26 Å². The van der Waals surface area contributed by atoms with E-state index in [9.17, 15) is 18.6 Å². The molecule has 1 fully saturated rings. The molecule has 0 radical (unpaired) electrons. The van der Waals surface area contributed by atoms with Crippen molar-refractivity contribution >= 4 is 27.0 Å². The minimum atomic E-state index is -3.44. The van der Waals surface area contributed by atoms with Crippen molar-refractivity contribution in [2.24, 2.45) is 0 Å². The van der Waals surface area contributed by atoms with Gasteiger partial charge < -0.3 is 24.8 Å². The van der Waals surface area contributed by atoms with Crippen LogP contribution in [0.3, 0.4) is 0 Å². The van der Waals surface area contributed by atoms with Gasteiger partial charge in [-0.15, -0.1) is 0 Å². The van der Waals surface area contributed by atoms with E-state index >= 15 is 0 Å². The Kier molecular flexibility index (Phi) is 6.85. The maximum absolute atomic E-state index is 12.1. The Morgan fingerprint density at radius 2 is 1.91 bits per heavy atom. The molecule has 0 amide bonds. The van der Waals surface area contributed by atoms with E-state index in [0.717, 1.165) is 0 Å². The van der Waals surface area contributed by atoms with Crippen LogP contribution in [0.2, 0.25) is 0 Å². The Hall–Kier alpha value is -2.65. The molecular formula is C21H31N7O6S. The van der Waals surface area contributed by atoms with Gasteiger partial charge in [0, 0.05) is 24.1 Å². The topological polar surface area (TPSA) is 178 Å². The number of aromatic nitrogens is 5. The average molecular weight is 510 g/mol. The summed E-state index contributed by atoms with van der Waals surface area (Å²) >= 11 is 0. The van der Waals surface area contributed by atoms with Crippen LogP contribution in [-0.4, -0.2) is 73.9 Å². The Balaban J connectivity index is 1.53. The summed E-state index contributed by atoms with van der Waals surface area (Å²) in [6, 6.07) is 1.51. The molecule has 3 aromatic heterocycles. The molecule has 0 saturated carbocycles. The molecule has 0 aliphatic carbocycles. The van der Waals surface area contributed by atoms with Gasteiger partial charge in [-0.1, -0.05) is 25.9 Å². The van der Waals surface area contributed by atoms with E-state index in [1.54, 1.807) is 19.9 Å². The smallest absolute Gasteiger partial charge is 0.213 e. The summed E-state index contributed by atoms with van der Waals surface area (Å²) in [5.74, 6) is 0.494. The first-order chi connectivity index (χ1) is 16.4. The van der Waals surface area contributed by atoms with E-state index in [2.05, 4.69) is 30.1 Å². The lowest BCUT2D eigenvalue weighted by Crippen LogP contribution is -2.34. The van der Waals surface area contributed by atoms with Crippen molar-refractivity contribution < 1.29 is 27.9 Å². The van der Waals surface area contributed by atoms with Crippen LogP contribution < -0.4 is 10.0 Å². The van der Waals surface area contributed by atoms with E-state index in [1.165, 1.54) is 17.2 Å². The zero-order valence-electron chi connectivity index (χ0n) is 20.2. The van der Waals surface area contributed by atoms with Crippen molar-refractivity contribution in [2.75, 3.05) is 17.6 Å². The van der Waals surface area contributed by atoms with Crippen molar-refractivity contribution in [3.8, 4) is 0 Å². The maximum atomic E-state index is 12.1. The molecule has 4 heterocycles. The Bertz CT molecular complexity index is 1280. The first kappa shape index (κ1) is 25.4. The fraction of sp³-hybridized carbons (Fsp3) is 0.619. The van der Waals surface area contributed by atoms with Crippen LogP contribution in [-0.2, 0) is 20.2 Å². The summed E-state index contributed by atoms with van der Waals surface area (Å²) in [5.41, 5.74) is 1.15. The van der Waals surface area contributed by atoms with E-state index in [1.807, 2.05) is 20.8 Å². The minimum Gasteiger partial charge on any atom is -0.387 e. The van der Waals surface area contributed by atoms with Gasteiger partial charge in [0.1, 0.15) is 24.6 Å². The number of sulfonamides is 1. The molecule has 14 heteroatoms. The second-order valence-electron chi connectivity index (χ2n) is 9.86. The number of aliphatic hydroxyl groups is 2. The van der Waals surface area contributed by atoms with Crippen LogP contribution in [0.25, 0.3) is 11.2 Å². The molecule has 1 aliphatic rings. The highest BCUT2D eigenvalue weighted by Crippen LogP contribution is 2.40. The molecule has 1 saturated heterocycles. The van der Waals surface area contributed by atoms with Gasteiger partial charge in [-0.3, -0.25) is 4.57 Å². The third kappa shape index (κ3) is 5.30. The quantitative estimate of drug-likeness (QED) is 0.338. The normalized spacial score (nSPS) is 23.4. The summed E-state index contributed by atoms with van der Waals surface area (Å²) < 4.78 is 39.5. The maximum Gasteiger partial charge on any atom is 0.213 e. The SMILES string of the molecule is CC(C)NS(=O)(=O)CCNc1ncnc2c1ncn2[C@@H]1O[C@H](c2cc(C(C)(C)C)no2)[C@@H](O)[C@@H]1O. The highest BCUT2D eigenvalue weighted by molar-refractivity contribution is 7.89. The van der Waals surface area contributed by atoms with Gasteiger partial charge in [0.2, 0.25) is 10.0 Å². The number of hydrogen-bond donors (Lipinski definition) is 4. The van der Waals surface area contributed by atoms with Gasteiger partial charge in [-0.05, 0) is 13.8 Å². The molecule has 13 nitrogen and oxygen atoms in total. The molecule has 192 valence electrons. The zero-order chi connectivity index (χ0) is 25.5. The van der Waals surface area contributed by atoms with Gasteiger partial charge in [0.15, 0.2) is 29.0 Å². The number of aliphatic hydroxyl groups excluding tert-OH is 2. The summed E-state index contributed by atoms with van der Waals surface area (Å²) in [6.07, 6.45) is -1.78. The lowest BCUT2D eigenvalue weighted by molar-refractivity contribution is -0.0434. The number of imidazole rings is 1. The van der Waals surface area contributed by atoms with Crippen LogP contribution in [0, 0.1) is 0 Å². The van der Waals surface area contributed by atoms with Crippen molar-refractivity contribution in [2.45, 2.75) is 70.6 Å². The molecule has 0 spiro atoms. The fourth-order valence-corrected chi connectivity index (χ4v) is 5.00. The number of nitrogens with one attached hydrogen (secondary N) is 2. The van der Waals surface area contributed by atoms with Gasteiger partial charge in [0.05, 0.1) is 17.8 Å². The second kappa shape index (κ2) is 9.43. The van der Waals surface area contributed by atoms with Gasteiger partial charge in [0.25, 0.3) is 0 Å². The molecule has 4 rings (SSSR count). The van der Waals surface area contributed by atoms with Crippen molar-refractivity contribution in [1.82, 2.24) is 29.4 Å². The monoisotopic (exact) mass is 509 g/mol. The first-order valence-electron chi connectivity index (χ1n) is 11.3. The predicted octanol–water partition coefficient (Wildman–Crippen LogP) is 0.843. The van der Waals surface area contributed by atoms with E-state index in [0.29, 0.717) is 28.4 Å². The van der Waals surface area contributed by atoms with Crippen molar-refractivity contribution in [3.63, 3.8) is 0 Å². The highest BCUT2D eigenvalue weighted by atomic mass is 32.2. The fourth-order valence-electron chi connectivity index (χ4n) is 3.79. The Labute approximate surface area is 203 Å². The van der Waals surface area contributed by atoms with Crippen LogP contribution in [0.4, 0.5) is 5.82 Å². The first-order valence-corrected chi connectivity index (χ1v) is 12.9. The lowest BCUT2D eigenvalue weighted by atomic mass is 9.92. The molecule has 0 bridgehead atoms. The van der Waals surface area contributed by atoms with Crippen molar-refractivity contribution in [3.05, 3.63) is 30.2 Å². The average Bonchev–Trinajstić information content (AvgIpc) is 3.46. The molecular weight excluding hydrogens is 478 g/mol. The van der Waals surface area contributed by atoms with Crippen molar-refractivity contribution in [1.29, 1.82) is 0 Å². The Morgan fingerprint density at radius 1 is 1.17 bits per heavy atom. The molecule has 0 aromatic carbocycles. The lowest BCUT2D eigenvalue weighted by Gasteiger charge is -2.16. The summed E-state index contributed by atoms with van der Waals surface area (Å²) in [5, 5.41) is 28.4. The summed E-state index contributed by atoms with van der Waals surface area (Å²) in [4.78, 5) is 12.7. The number of hydrogen-bond acceptors (Lipinski definition) is 11. The minimum absolute atomic E-state index is 0.103. The number of fused-ring (bicyclic) bond motifs is 1. The van der Waals surface area contributed by atoms with Crippen LogP contribution in [0.5, 0.6) is 0 Å². The molecule has 3 aromatic rings. The number of anilines is 1. The molecule has 4 N–H and O–H groups in total. The summed E-state index contributed by atoms with van der Waals surface area (Å²) in [7, 11) is -3.44. The molecule has 35 heavy (non-hydrogen) atoms. The van der Waals surface area contributed by atoms with E-state index in [-0.39, 0.29) is 23.8 Å². The Morgan fingerprint density at radius 3 is 2.57 bits per heavy atom. The third-order valence-corrected chi connectivity index (χ3v) is 7.10. The summed E-state index contributed by atoms with van der Waals surface area (Å²) in [6.45, 7) is 9.55. The van der Waals surface area contributed by atoms with Crippen LogP contribution in [0.1, 0.15) is 58.4 Å². The van der Waals surface area contributed by atoms with E-state index < -0.39 is 34.6 Å². The van der Waals surface area contributed by atoms with Gasteiger partial charge >= 0.3 is 0 Å². The molecule has 1 aliphatic heterocycles. The predicted molar refractivity (Wildman–Crippen MR) is 126 cm³/mol.